The molecule has 0 bridgehead atoms. The number of aromatic nitrogens is 2. The van der Waals surface area contributed by atoms with E-state index in [0.717, 1.165) is 17.5 Å². The third-order valence-corrected chi connectivity index (χ3v) is 4.46. The molecule has 2 atom stereocenters. The van der Waals surface area contributed by atoms with Gasteiger partial charge in [0.15, 0.2) is 0 Å². The van der Waals surface area contributed by atoms with Crippen LogP contribution in [0.5, 0.6) is 0 Å². The van der Waals surface area contributed by atoms with E-state index in [1.165, 1.54) is 37.0 Å². The summed E-state index contributed by atoms with van der Waals surface area (Å²) in [6.45, 7) is 3.23. The van der Waals surface area contributed by atoms with Crippen molar-refractivity contribution in [2.75, 3.05) is 7.05 Å². The predicted octanol–water partition coefficient (Wildman–Crippen LogP) is 3.20. The highest BCUT2D eigenvalue weighted by molar-refractivity contribution is 7.15. The first kappa shape index (κ1) is 12.3. The van der Waals surface area contributed by atoms with Crippen LogP contribution in [0, 0.1) is 5.92 Å². The van der Waals surface area contributed by atoms with Crippen molar-refractivity contribution in [3.8, 4) is 0 Å². The largest absolute Gasteiger partial charge is 0.296 e. The predicted molar refractivity (Wildman–Crippen MR) is 67.8 cm³/mol. The van der Waals surface area contributed by atoms with E-state index < -0.39 is 0 Å². The Bertz CT molecular complexity index is 342. The SMILES string of the molecule is CC1CCCCC1N(C)Cc1nnc(Cl)s1. The first-order valence-corrected chi connectivity index (χ1v) is 7.04. The van der Waals surface area contributed by atoms with E-state index in [-0.39, 0.29) is 0 Å². The molecule has 1 aromatic rings. The van der Waals surface area contributed by atoms with Gasteiger partial charge in [0.2, 0.25) is 4.47 Å². The van der Waals surface area contributed by atoms with Crippen molar-refractivity contribution in [2.45, 2.75) is 45.2 Å². The number of halogens is 1. The average Bonchev–Trinajstić information content (AvgIpc) is 2.64. The van der Waals surface area contributed by atoms with E-state index >= 15 is 0 Å². The molecule has 2 rings (SSSR count). The van der Waals surface area contributed by atoms with Crippen LogP contribution in [-0.2, 0) is 6.54 Å². The van der Waals surface area contributed by atoms with Crippen molar-refractivity contribution < 1.29 is 0 Å². The second-order valence-electron chi connectivity index (χ2n) is 4.69. The minimum Gasteiger partial charge on any atom is -0.296 e. The number of hydrogen-bond donors (Lipinski definition) is 0. The molecule has 1 aromatic heterocycles. The molecule has 90 valence electrons. The molecule has 0 N–H and O–H groups in total. The molecule has 3 nitrogen and oxygen atoms in total. The Kier molecular flexibility index (Phi) is 4.16. The van der Waals surface area contributed by atoms with Gasteiger partial charge in [-0.15, -0.1) is 10.2 Å². The number of hydrogen-bond acceptors (Lipinski definition) is 4. The summed E-state index contributed by atoms with van der Waals surface area (Å²) in [5.41, 5.74) is 0. The molecule has 0 aromatic carbocycles. The van der Waals surface area contributed by atoms with Crippen LogP contribution in [0.25, 0.3) is 0 Å². The standard InChI is InChI=1S/C11H18ClN3S/c1-8-5-3-4-6-9(8)15(2)7-10-13-14-11(12)16-10/h8-9H,3-7H2,1-2H3. The summed E-state index contributed by atoms with van der Waals surface area (Å²) in [6.07, 6.45) is 5.41. The zero-order valence-electron chi connectivity index (χ0n) is 9.82. The van der Waals surface area contributed by atoms with Crippen LogP contribution in [0.1, 0.15) is 37.6 Å². The Morgan fingerprint density at radius 3 is 2.75 bits per heavy atom. The van der Waals surface area contributed by atoms with Crippen LogP contribution in [-0.4, -0.2) is 28.2 Å². The Labute approximate surface area is 106 Å². The van der Waals surface area contributed by atoms with Gasteiger partial charge < -0.3 is 0 Å². The molecule has 0 spiro atoms. The van der Waals surface area contributed by atoms with Crippen molar-refractivity contribution in [3.05, 3.63) is 9.47 Å². The molecule has 2 unspecified atom stereocenters. The number of rotatable bonds is 3. The first-order valence-electron chi connectivity index (χ1n) is 5.85. The molecular weight excluding hydrogens is 242 g/mol. The van der Waals surface area contributed by atoms with Gasteiger partial charge in [-0.25, -0.2) is 0 Å². The van der Waals surface area contributed by atoms with Gasteiger partial charge in [0.25, 0.3) is 0 Å². The lowest BCUT2D eigenvalue weighted by Crippen LogP contribution is -2.38. The molecule has 0 radical (unpaired) electrons. The van der Waals surface area contributed by atoms with Gasteiger partial charge in [-0.1, -0.05) is 31.1 Å². The Hall–Kier alpha value is -0.190. The lowest BCUT2D eigenvalue weighted by Gasteiger charge is -2.35. The van der Waals surface area contributed by atoms with E-state index in [2.05, 4.69) is 29.1 Å². The highest BCUT2D eigenvalue weighted by Gasteiger charge is 2.25. The monoisotopic (exact) mass is 259 g/mol. The van der Waals surface area contributed by atoms with Crippen LogP contribution in [0.15, 0.2) is 0 Å². The summed E-state index contributed by atoms with van der Waals surface area (Å²) in [5.74, 6) is 0.794. The van der Waals surface area contributed by atoms with Gasteiger partial charge in [0.1, 0.15) is 5.01 Å². The molecule has 1 heterocycles. The highest BCUT2D eigenvalue weighted by atomic mass is 35.5. The third-order valence-electron chi connectivity index (χ3n) is 3.46. The molecule has 1 saturated carbocycles. The summed E-state index contributed by atoms with van der Waals surface area (Å²) in [4.78, 5) is 2.40. The zero-order valence-corrected chi connectivity index (χ0v) is 11.4. The zero-order chi connectivity index (χ0) is 11.5. The topological polar surface area (TPSA) is 29.0 Å². The van der Waals surface area contributed by atoms with Crippen LogP contribution >= 0.6 is 22.9 Å². The summed E-state index contributed by atoms with van der Waals surface area (Å²) < 4.78 is 0.542. The van der Waals surface area contributed by atoms with E-state index in [9.17, 15) is 0 Å². The fourth-order valence-corrected chi connectivity index (χ4v) is 3.51. The van der Waals surface area contributed by atoms with Gasteiger partial charge in [-0.05, 0) is 37.4 Å². The molecule has 1 aliphatic rings. The van der Waals surface area contributed by atoms with E-state index in [1.807, 2.05) is 0 Å². The maximum Gasteiger partial charge on any atom is 0.207 e. The molecule has 5 heteroatoms. The van der Waals surface area contributed by atoms with Crippen molar-refractivity contribution in [1.82, 2.24) is 15.1 Å². The minimum atomic E-state index is 0.542. The molecular formula is C11H18ClN3S. The fourth-order valence-electron chi connectivity index (χ4n) is 2.58. The highest BCUT2D eigenvalue weighted by Crippen LogP contribution is 2.28. The molecule has 1 fully saturated rings. The van der Waals surface area contributed by atoms with Crippen LogP contribution in [0.2, 0.25) is 4.47 Å². The van der Waals surface area contributed by atoms with Crippen molar-refractivity contribution in [1.29, 1.82) is 0 Å². The molecule has 0 aliphatic heterocycles. The summed E-state index contributed by atoms with van der Waals surface area (Å²) >= 11 is 7.27. The Morgan fingerprint density at radius 1 is 1.38 bits per heavy atom. The van der Waals surface area contributed by atoms with E-state index in [4.69, 9.17) is 11.6 Å². The van der Waals surface area contributed by atoms with Crippen molar-refractivity contribution in [3.63, 3.8) is 0 Å². The molecule has 1 aliphatic carbocycles. The van der Waals surface area contributed by atoms with Gasteiger partial charge >= 0.3 is 0 Å². The van der Waals surface area contributed by atoms with Gasteiger partial charge in [0.05, 0.1) is 6.54 Å². The maximum absolute atomic E-state index is 5.78. The second-order valence-corrected chi connectivity index (χ2v) is 6.34. The normalized spacial score (nSPS) is 26.2. The molecule has 0 saturated heterocycles. The smallest absolute Gasteiger partial charge is 0.207 e. The summed E-state index contributed by atoms with van der Waals surface area (Å²) in [5, 5.41) is 8.93. The van der Waals surface area contributed by atoms with Gasteiger partial charge in [0, 0.05) is 6.04 Å². The van der Waals surface area contributed by atoms with E-state index in [0.29, 0.717) is 10.5 Å². The Balaban J connectivity index is 1.93. The fraction of sp³-hybridized carbons (Fsp3) is 0.818. The number of nitrogens with zero attached hydrogens (tertiary/aromatic N) is 3. The van der Waals surface area contributed by atoms with Crippen LogP contribution in [0.3, 0.4) is 0 Å². The van der Waals surface area contributed by atoms with Gasteiger partial charge in [-0.2, -0.15) is 0 Å². The first-order chi connectivity index (χ1) is 7.66. The van der Waals surface area contributed by atoms with Gasteiger partial charge in [-0.3, -0.25) is 4.90 Å². The van der Waals surface area contributed by atoms with Crippen LogP contribution < -0.4 is 0 Å². The maximum atomic E-state index is 5.78. The van der Waals surface area contributed by atoms with Crippen molar-refractivity contribution in [2.24, 2.45) is 5.92 Å². The second kappa shape index (κ2) is 5.43. The van der Waals surface area contributed by atoms with Crippen molar-refractivity contribution >= 4 is 22.9 Å². The average molecular weight is 260 g/mol. The minimum absolute atomic E-state index is 0.542. The van der Waals surface area contributed by atoms with E-state index in [1.54, 1.807) is 0 Å². The van der Waals surface area contributed by atoms with Crippen LogP contribution in [0.4, 0.5) is 0 Å². The Morgan fingerprint density at radius 2 is 2.12 bits per heavy atom. The molecule has 0 amide bonds. The lowest BCUT2D eigenvalue weighted by molar-refractivity contribution is 0.133. The quantitative estimate of drug-likeness (QED) is 0.835. The summed E-state index contributed by atoms with van der Waals surface area (Å²) in [7, 11) is 2.18. The molecule has 16 heavy (non-hydrogen) atoms. The summed E-state index contributed by atoms with van der Waals surface area (Å²) in [6, 6.07) is 0.691. The lowest BCUT2D eigenvalue weighted by atomic mass is 9.85. The third kappa shape index (κ3) is 2.93.